The molecule has 0 bridgehead atoms. The second-order valence-corrected chi connectivity index (χ2v) is 14.7. The maximum Gasteiger partial charge on any atom is 0.311 e. The molecule has 0 spiro atoms. The minimum absolute atomic E-state index is 0.193. The molecule has 0 saturated carbocycles. The number of hydrogen-bond donors (Lipinski definition) is 0. The highest BCUT2D eigenvalue weighted by Crippen LogP contribution is 2.41. The van der Waals surface area contributed by atoms with Gasteiger partial charge in [0.1, 0.15) is 11.5 Å². The van der Waals surface area contributed by atoms with E-state index >= 15 is 0 Å². The van der Waals surface area contributed by atoms with Gasteiger partial charge in [-0.2, -0.15) is 0 Å². The average Bonchev–Trinajstić information content (AvgIpc) is 3.12. The molecule has 50 heavy (non-hydrogen) atoms. The molecule has 5 rings (SSSR count). The third-order valence-electron chi connectivity index (χ3n) is 8.53. The zero-order chi connectivity index (χ0) is 35.3. The first-order chi connectivity index (χ1) is 24.4. The van der Waals surface area contributed by atoms with E-state index in [-0.39, 0.29) is 23.5 Å². The number of rotatable bonds is 18. The first-order valence-corrected chi connectivity index (χ1v) is 19.3. The van der Waals surface area contributed by atoms with Crippen molar-refractivity contribution in [2.45, 2.75) is 110 Å². The molecular formula is C42H44O6S2. The molecule has 260 valence electrons. The molecule has 1 aliphatic rings. The van der Waals surface area contributed by atoms with Crippen LogP contribution in [0.25, 0.3) is 0 Å². The van der Waals surface area contributed by atoms with Crippen LogP contribution in [0, 0.1) is 0 Å². The molecule has 0 heterocycles. The van der Waals surface area contributed by atoms with Gasteiger partial charge in [0, 0.05) is 54.7 Å². The molecule has 0 aliphatic heterocycles. The third kappa shape index (κ3) is 9.98. The Morgan fingerprint density at radius 3 is 1.26 bits per heavy atom. The van der Waals surface area contributed by atoms with Gasteiger partial charge in [-0.15, -0.1) is 0 Å². The van der Waals surface area contributed by atoms with E-state index in [1.807, 2.05) is 36.4 Å². The maximum atomic E-state index is 14.0. The number of fused-ring (bicyclic) bond motifs is 2. The highest BCUT2D eigenvalue weighted by molar-refractivity contribution is 7.99. The lowest BCUT2D eigenvalue weighted by molar-refractivity contribution is -0.135. The Hall–Kier alpha value is -4.14. The lowest BCUT2D eigenvalue weighted by Crippen LogP contribution is -2.22. The zero-order valence-electron chi connectivity index (χ0n) is 28.8. The summed E-state index contributed by atoms with van der Waals surface area (Å²) in [5.41, 5.74) is 1.54. The molecule has 4 aromatic carbocycles. The molecule has 0 fully saturated rings. The fourth-order valence-electron chi connectivity index (χ4n) is 5.86. The number of benzene rings is 4. The summed E-state index contributed by atoms with van der Waals surface area (Å²) in [4.78, 5) is 55.6. The average molecular weight is 709 g/mol. The minimum Gasteiger partial charge on any atom is -0.427 e. The van der Waals surface area contributed by atoms with Crippen LogP contribution < -0.4 is 9.47 Å². The van der Waals surface area contributed by atoms with Crippen LogP contribution in [0.5, 0.6) is 11.5 Å². The molecule has 0 aromatic heterocycles. The number of esters is 2. The number of unbranched alkanes of at least 4 members (excludes halogenated alkanes) is 8. The van der Waals surface area contributed by atoms with Gasteiger partial charge in [-0.1, -0.05) is 113 Å². The van der Waals surface area contributed by atoms with E-state index in [9.17, 15) is 19.2 Å². The number of carbonyl (C=O) groups is 4. The first kappa shape index (κ1) is 37.1. The summed E-state index contributed by atoms with van der Waals surface area (Å²) in [6, 6.07) is 25.2. The van der Waals surface area contributed by atoms with Crippen LogP contribution in [-0.2, 0) is 9.59 Å². The van der Waals surface area contributed by atoms with Crippen molar-refractivity contribution in [3.63, 3.8) is 0 Å². The van der Waals surface area contributed by atoms with Crippen LogP contribution in [0.1, 0.15) is 123 Å². The fraction of sp³-hybridized carbons (Fsp3) is 0.333. The number of ketones is 2. The van der Waals surface area contributed by atoms with E-state index in [0.717, 1.165) is 61.2 Å². The van der Waals surface area contributed by atoms with Crippen molar-refractivity contribution in [1.29, 1.82) is 0 Å². The molecular weight excluding hydrogens is 665 g/mol. The van der Waals surface area contributed by atoms with Gasteiger partial charge in [-0.05, 0) is 73.5 Å². The van der Waals surface area contributed by atoms with Gasteiger partial charge < -0.3 is 9.47 Å². The number of carbonyl (C=O) groups excluding carboxylic acids is 4. The largest absolute Gasteiger partial charge is 0.427 e. The predicted molar refractivity (Wildman–Crippen MR) is 199 cm³/mol. The van der Waals surface area contributed by atoms with E-state index in [2.05, 4.69) is 13.8 Å². The monoisotopic (exact) mass is 708 g/mol. The summed E-state index contributed by atoms with van der Waals surface area (Å²) in [7, 11) is 0. The van der Waals surface area contributed by atoms with Gasteiger partial charge in [0.2, 0.25) is 0 Å². The summed E-state index contributed by atoms with van der Waals surface area (Å²) >= 11 is 2.79. The predicted octanol–water partition coefficient (Wildman–Crippen LogP) is 11.3. The smallest absolute Gasteiger partial charge is 0.311 e. The van der Waals surface area contributed by atoms with E-state index < -0.39 is 0 Å². The van der Waals surface area contributed by atoms with Gasteiger partial charge in [-0.3, -0.25) is 19.2 Å². The van der Waals surface area contributed by atoms with Gasteiger partial charge >= 0.3 is 11.9 Å². The molecule has 0 atom stereocenters. The lowest BCUT2D eigenvalue weighted by atomic mass is 9.84. The summed E-state index contributed by atoms with van der Waals surface area (Å²) in [5.74, 6) is 0.110. The minimum atomic E-state index is -0.235. The third-order valence-corrected chi connectivity index (χ3v) is 10.7. The summed E-state index contributed by atoms with van der Waals surface area (Å²) < 4.78 is 11.0. The standard InChI is InChI=1S/C42H44O6S2/c1-3-5-7-9-11-19-37(43)47-29-21-25-31(26-22-29)49-35-17-13-15-33-39(35)41(45)34-16-14-18-36(40(34)42(33)46)50-32-27-23-30(24-28-32)48-38(44)20-12-10-8-6-4-2/h13-18,21-28H,3-12,19-20H2,1-2H3. The van der Waals surface area contributed by atoms with Crippen LogP contribution >= 0.6 is 23.5 Å². The quantitative estimate of drug-likeness (QED) is 0.0505. The highest BCUT2D eigenvalue weighted by Gasteiger charge is 2.33. The van der Waals surface area contributed by atoms with E-state index in [1.54, 1.807) is 48.5 Å². The van der Waals surface area contributed by atoms with Crippen LogP contribution in [0.15, 0.2) is 105 Å². The number of ether oxygens (including phenoxy) is 2. The maximum absolute atomic E-state index is 14.0. The Bertz CT molecular complexity index is 1660. The molecule has 0 unspecified atom stereocenters. The Kier molecular flexibility index (Phi) is 13.9. The molecule has 6 nitrogen and oxygen atoms in total. The molecule has 0 saturated heterocycles. The van der Waals surface area contributed by atoms with E-state index in [4.69, 9.17) is 9.47 Å². The van der Waals surface area contributed by atoms with Crippen LogP contribution in [0.2, 0.25) is 0 Å². The van der Waals surface area contributed by atoms with Crippen LogP contribution in [0.3, 0.4) is 0 Å². The molecule has 1 aliphatic carbocycles. The van der Waals surface area contributed by atoms with Gasteiger partial charge in [0.05, 0.1) is 0 Å². The molecule has 4 aromatic rings. The van der Waals surface area contributed by atoms with E-state index in [1.165, 1.54) is 36.4 Å². The van der Waals surface area contributed by atoms with E-state index in [0.29, 0.717) is 56.4 Å². The van der Waals surface area contributed by atoms with Crippen molar-refractivity contribution in [2.24, 2.45) is 0 Å². The molecule has 0 N–H and O–H groups in total. The molecule has 8 heteroatoms. The molecule has 0 amide bonds. The van der Waals surface area contributed by atoms with Crippen LogP contribution in [0.4, 0.5) is 0 Å². The molecule has 0 radical (unpaired) electrons. The van der Waals surface area contributed by atoms with Crippen molar-refractivity contribution < 1.29 is 28.7 Å². The Morgan fingerprint density at radius 2 is 0.880 bits per heavy atom. The zero-order valence-corrected chi connectivity index (χ0v) is 30.5. The fourth-order valence-corrected chi connectivity index (χ4v) is 7.82. The second-order valence-electron chi connectivity index (χ2n) is 12.4. The Balaban J connectivity index is 1.23. The summed E-state index contributed by atoms with van der Waals surface area (Å²) in [6.07, 6.45) is 11.5. The SMILES string of the molecule is CCCCCCCC(=O)Oc1ccc(Sc2cccc3c2C(=O)c2cccc(Sc4ccc(OC(=O)CCCCCCC)cc4)c2C3=O)cc1. The Labute approximate surface area is 303 Å². The van der Waals surface area contributed by atoms with Crippen molar-refractivity contribution in [1.82, 2.24) is 0 Å². The summed E-state index contributed by atoms with van der Waals surface area (Å²) in [5, 5.41) is 0. The van der Waals surface area contributed by atoms with Crippen LogP contribution in [-0.4, -0.2) is 23.5 Å². The summed E-state index contributed by atoms with van der Waals surface area (Å²) in [6.45, 7) is 4.33. The van der Waals surface area contributed by atoms with Crippen molar-refractivity contribution >= 4 is 47.0 Å². The number of hydrogen-bond acceptors (Lipinski definition) is 8. The van der Waals surface area contributed by atoms with Gasteiger partial charge in [0.15, 0.2) is 11.6 Å². The van der Waals surface area contributed by atoms with Crippen molar-refractivity contribution in [2.75, 3.05) is 0 Å². The lowest BCUT2D eigenvalue weighted by Gasteiger charge is -2.22. The first-order valence-electron chi connectivity index (χ1n) is 17.7. The van der Waals surface area contributed by atoms with Gasteiger partial charge in [0.25, 0.3) is 0 Å². The van der Waals surface area contributed by atoms with Gasteiger partial charge in [-0.25, -0.2) is 0 Å². The Morgan fingerprint density at radius 1 is 0.500 bits per heavy atom. The van der Waals surface area contributed by atoms with Crippen molar-refractivity contribution in [3.05, 3.63) is 107 Å². The highest BCUT2D eigenvalue weighted by atomic mass is 32.2. The van der Waals surface area contributed by atoms with Crippen molar-refractivity contribution in [3.8, 4) is 11.5 Å². The second kappa shape index (κ2) is 18.7. The topological polar surface area (TPSA) is 86.7 Å². The normalized spacial score (nSPS) is 12.0.